The largest absolute Gasteiger partial charge is 0.379 e. The Balaban J connectivity index is 2.03. The zero-order valence-corrected chi connectivity index (χ0v) is 10.2. The van der Waals surface area contributed by atoms with Gasteiger partial charge in [-0.1, -0.05) is 13.8 Å². The third-order valence-corrected chi connectivity index (χ3v) is 2.99. The summed E-state index contributed by atoms with van der Waals surface area (Å²) in [5.74, 6) is 1.75. The number of hydrogen-bond acceptors (Lipinski definition) is 3. The second-order valence-electron chi connectivity index (χ2n) is 4.99. The average molecular weight is 214 g/mol. The van der Waals surface area contributed by atoms with Crippen molar-refractivity contribution >= 4 is 0 Å². The van der Waals surface area contributed by atoms with E-state index in [-0.39, 0.29) is 0 Å². The molecule has 0 spiro atoms. The molecule has 90 valence electrons. The van der Waals surface area contributed by atoms with Gasteiger partial charge in [-0.15, -0.1) is 0 Å². The summed E-state index contributed by atoms with van der Waals surface area (Å²) in [6.45, 7) is 10.4. The van der Waals surface area contributed by atoms with Crippen molar-refractivity contribution in [3.8, 4) is 0 Å². The highest BCUT2D eigenvalue weighted by molar-refractivity contribution is 4.76. The van der Waals surface area contributed by atoms with Crippen LogP contribution in [0, 0.1) is 11.8 Å². The summed E-state index contributed by atoms with van der Waals surface area (Å²) in [4.78, 5) is 2.52. The van der Waals surface area contributed by atoms with Crippen LogP contribution in [-0.4, -0.2) is 44.3 Å². The van der Waals surface area contributed by atoms with Gasteiger partial charge in [0.05, 0.1) is 13.2 Å². The molecule has 0 aliphatic carbocycles. The van der Waals surface area contributed by atoms with Crippen molar-refractivity contribution in [1.29, 1.82) is 0 Å². The molecular formula is C12H26N2O. The van der Waals surface area contributed by atoms with Gasteiger partial charge in [0.1, 0.15) is 0 Å². The Morgan fingerprint density at radius 2 is 2.20 bits per heavy atom. The summed E-state index contributed by atoms with van der Waals surface area (Å²) < 4.78 is 5.39. The fourth-order valence-corrected chi connectivity index (χ4v) is 2.35. The molecule has 15 heavy (non-hydrogen) atoms. The molecule has 1 aliphatic rings. The average Bonchev–Trinajstić information content (AvgIpc) is 2.59. The lowest BCUT2D eigenvalue weighted by Crippen LogP contribution is -2.26. The molecule has 0 bridgehead atoms. The predicted molar refractivity (Wildman–Crippen MR) is 63.9 cm³/mol. The summed E-state index contributed by atoms with van der Waals surface area (Å²) in [5, 5.41) is 0. The van der Waals surface area contributed by atoms with Gasteiger partial charge in [0.2, 0.25) is 0 Å². The first-order valence-electron chi connectivity index (χ1n) is 6.22. The highest BCUT2D eigenvalue weighted by Gasteiger charge is 2.22. The van der Waals surface area contributed by atoms with E-state index in [9.17, 15) is 0 Å². The summed E-state index contributed by atoms with van der Waals surface area (Å²) >= 11 is 0. The first kappa shape index (κ1) is 12.9. The van der Waals surface area contributed by atoms with Crippen LogP contribution in [0.25, 0.3) is 0 Å². The highest BCUT2D eigenvalue weighted by atomic mass is 16.5. The molecule has 0 radical (unpaired) electrons. The van der Waals surface area contributed by atoms with E-state index < -0.39 is 0 Å². The summed E-state index contributed by atoms with van der Waals surface area (Å²) in [7, 11) is 0. The van der Waals surface area contributed by atoms with Crippen LogP contribution in [0.4, 0.5) is 0 Å². The predicted octanol–water partition coefficient (Wildman–Crippen LogP) is 1.33. The van der Waals surface area contributed by atoms with Gasteiger partial charge in [-0.25, -0.2) is 0 Å². The number of nitrogens with two attached hydrogens (primary N) is 1. The standard InChI is InChI=1S/C12H26N2O/c1-11(2)9-12-3-5-14(10-12)6-8-15-7-4-13/h11-12H,3-10,13H2,1-2H3. The first-order chi connectivity index (χ1) is 7.22. The van der Waals surface area contributed by atoms with Gasteiger partial charge in [-0.05, 0) is 31.2 Å². The number of nitrogens with zero attached hydrogens (tertiary/aromatic N) is 1. The maximum Gasteiger partial charge on any atom is 0.0594 e. The summed E-state index contributed by atoms with van der Waals surface area (Å²) in [5.41, 5.74) is 5.36. The molecule has 0 aromatic carbocycles. The van der Waals surface area contributed by atoms with Gasteiger partial charge in [-0.3, -0.25) is 0 Å². The molecule has 0 aromatic heterocycles. The van der Waals surface area contributed by atoms with Crippen molar-refractivity contribution in [2.24, 2.45) is 17.6 Å². The smallest absolute Gasteiger partial charge is 0.0594 e. The fourth-order valence-electron chi connectivity index (χ4n) is 2.35. The van der Waals surface area contributed by atoms with E-state index in [1.807, 2.05) is 0 Å². The van der Waals surface area contributed by atoms with E-state index in [0.717, 1.165) is 25.0 Å². The Labute approximate surface area is 94.0 Å². The van der Waals surface area contributed by atoms with Crippen LogP contribution in [0.1, 0.15) is 26.7 Å². The van der Waals surface area contributed by atoms with Crippen LogP contribution >= 0.6 is 0 Å². The molecule has 1 fully saturated rings. The summed E-state index contributed by atoms with van der Waals surface area (Å²) in [6, 6.07) is 0. The molecule has 0 saturated carbocycles. The monoisotopic (exact) mass is 214 g/mol. The van der Waals surface area contributed by atoms with Crippen LogP contribution in [-0.2, 0) is 4.74 Å². The molecule has 1 rings (SSSR count). The molecule has 1 unspecified atom stereocenters. The fraction of sp³-hybridized carbons (Fsp3) is 1.00. The molecule has 1 saturated heterocycles. The van der Waals surface area contributed by atoms with Crippen molar-refractivity contribution in [2.75, 3.05) is 39.4 Å². The van der Waals surface area contributed by atoms with Crippen LogP contribution in [0.15, 0.2) is 0 Å². The van der Waals surface area contributed by atoms with E-state index in [1.54, 1.807) is 0 Å². The molecule has 1 aliphatic heterocycles. The van der Waals surface area contributed by atoms with E-state index in [0.29, 0.717) is 13.2 Å². The first-order valence-corrected chi connectivity index (χ1v) is 6.22. The van der Waals surface area contributed by atoms with Crippen molar-refractivity contribution < 1.29 is 4.74 Å². The minimum Gasteiger partial charge on any atom is -0.379 e. The van der Waals surface area contributed by atoms with Crippen molar-refractivity contribution in [2.45, 2.75) is 26.7 Å². The van der Waals surface area contributed by atoms with Crippen molar-refractivity contribution in [3.05, 3.63) is 0 Å². The lowest BCUT2D eigenvalue weighted by Gasteiger charge is -2.16. The number of hydrogen-bond donors (Lipinski definition) is 1. The van der Waals surface area contributed by atoms with E-state index >= 15 is 0 Å². The van der Waals surface area contributed by atoms with Gasteiger partial charge in [0.15, 0.2) is 0 Å². The lowest BCUT2D eigenvalue weighted by atomic mass is 9.97. The molecule has 1 heterocycles. The van der Waals surface area contributed by atoms with Gasteiger partial charge in [-0.2, -0.15) is 0 Å². The molecule has 1 atom stereocenters. The Morgan fingerprint density at radius 1 is 1.40 bits per heavy atom. The number of rotatable bonds is 7. The van der Waals surface area contributed by atoms with Crippen LogP contribution in [0.2, 0.25) is 0 Å². The van der Waals surface area contributed by atoms with Crippen LogP contribution in [0.5, 0.6) is 0 Å². The minimum absolute atomic E-state index is 0.635. The van der Waals surface area contributed by atoms with Gasteiger partial charge >= 0.3 is 0 Å². The Kier molecular flexibility index (Phi) is 6.22. The second kappa shape index (κ2) is 7.20. The minimum atomic E-state index is 0.635. The molecule has 2 N–H and O–H groups in total. The number of likely N-dealkylation sites (tertiary alicyclic amines) is 1. The highest BCUT2D eigenvalue weighted by Crippen LogP contribution is 2.22. The Morgan fingerprint density at radius 3 is 2.87 bits per heavy atom. The van der Waals surface area contributed by atoms with Crippen LogP contribution < -0.4 is 5.73 Å². The maximum absolute atomic E-state index is 5.39. The third-order valence-electron chi connectivity index (χ3n) is 2.99. The van der Waals surface area contributed by atoms with Crippen LogP contribution in [0.3, 0.4) is 0 Å². The van der Waals surface area contributed by atoms with Gasteiger partial charge in [0, 0.05) is 19.6 Å². The van der Waals surface area contributed by atoms with Gasteiger partial charge in [0.25, 0.3) is 0 Å². The van der Waals surface area contributed by atoms with E-state index in [4.69, 9.17) is 10.5 Å². The zero-order chi connectivity index (χ0) is 11.1. The Bertz CT molecular complexity index is 162. The molecular weight excluding hydrogens is 188 g/mol. The van der Waals surface area contributed by atoms with Crippen molar-refractivity contribution in [3.63, 3.8) is 0 Å². The maximum atomic E-state index is 5.39. The topological polar surface area (TPSA) is 38.5 Å². The van der Waals surface area contributed by atoms with Crippen molar-refractivity contribution in [1.82, 2.24) is 4.90 Å². The molecule has 0 aromatic rings. The SMILES string of the molecule is CC(C)CC1CCN(CCOCCN)C1. The normalized spacial score (nSPS) is 22.8. The zero-order valence-electron chi connectivity index (χ0n) is 10.2. The van der Waals surface area contributed by atoms with Gasteiger partial charge < -0.3 is 15.4 Å². The lowest BCUT2D eigenvalue weighted by molar-refractivity contribution is 0.115. The van der Waals surface area contributed by atoms with E-state index in [2.05, 4.69) is 18.7 Å². The quantitative estimate of drug-likeness (QED) is 0.650. The third kappa shape index (κ3) is 5.50. The molecule has 0 amide bonds. The molecule has 3 heteroatoms. The second-order valence-corrected chi connectivity index (χ2v) is 4.99. The molecule has 3 nitrogen and oxygen atoms in total. The van der Waals surface area contributed by atoms with E-state index in [1.165, 1.54) is 25.9 Å². The summed E-state index contributed by atoms with van der Waals surface area (Å²) in [6.07, 6.45) is 2.75. The number of ether oxygens (including phenoxy) is 1. The Hall–Kier alpha value is -0.120.